The highest BCUT2D eigenvalue weighted by molar-refractivity contribution is 5.92. The minimum atomic E-state index is -0.136. The van der Waals surface area contributed by atoms with E-state index < -0.39 is 0 Å². The van der Waals surface area contributed by atoms with Crippen LogP contribution in [0.5, 0.6) is 11.5 Å². The Balaban J connectivity index is 1.82. The molecule has 0 bridgehead atoms. The molecule has 0 fully saturated rings. The van der Waals surface area contributed by atoms with E-state index in [0.29, 0.717) is 22.9 Å². The minimum Gasteiger partial charge on any atom is -0.495 e. The molecule has 0 aliphatic rings. The average Bonchev–Trinajstić information content (AvgIpc) is 2.48. The first-order chi connectivity index (χ1) is 10.2. The number of para-hydroxylation sites is 2. The average molecular weight is 286 g/mol. The number of benzene rings is 2. The number of amides is 1. The fourth-order valence-corrected chi connectivity index (χ4v) is 1.83. The van der Waals surface area contributed by atoms with Gasteiger partial charge < -0.3 is 20.5 Å². The SMILES string of the molecule is COc1ccccc1NC(=O)CCOc1cccc(N)c1. The molecule has 2 aromatic carbocycles. The Kier molecular flexibility index (Phi) is 5.04. The summed E-state index contributed by atoms with van der Waals surface area (Å²) < 4.78 is 10.7. The molecule has 0 aromatic heterocycles. The van der Waals surface area contributed by atoms with Crippen molar-refractivity contribution in [3.05, 3.63) is 48.5 Å². The Morgan fingerprint density at radius 2 is 2.00 bits per heavy atom. The Labute approximate surface area is 123 Å². The fourth-order valence-electron chi connectivity index (χ4n) is 1.83. The highest BCUT2D eigenvalue weighted by Crippen LogP contribution is 2.23. The Bertz CT molecular complexity index is 614. The Hall–Kier alpha value is -2.69. The van der Waals surface area contributed by atoms with Crippen molar-refractivity contribution < 1.29 is 14.3 Å². The standard InChI is InChI=1S/C16H18N2O3/c1-20-15-8-3-2-7-14(15)18-16(19)9-10-21-13-6-4-5-12(17)11-13/h2-8,11H,9-10,17H2,1H3,(H,18,19). The number of rotatable bonds is 6. The van der Waals surface area contributed by atoms with Crippen LogP contribution in [0.15, 0.2) is 48.5 Å². The number of carbonyl (C=O) groups excluding carboxylic acids is 1. The van der Waals surface area contributed by atoms with Gasteiger partial charge >= 0.3 is 0 Å². The summed E-state index contributed by atoms with van der Waals surface area (Å²) in [6.07, 6.45) is 0.243. The zero-order valence-electron chi connectivity index (χ0n) is 11.8. The van der Waals surface area contributed by atoms with Crippen LogP contribution in [0.25, 0.3) is 0 Å². The molecule has 0 unspecified atom stereocenters. The number of nitrogen functional groups attached to an aromatic ring is 1. The van der Waals surface area contributed by atoms with Crippen molar-refractivity contribution in [2.24, 2.45) is 0 Å². The van der Waals surface area contributed by atoms with Gasteiger partial charge in [-0.3, -0.25) is 4.79 Å². The summed E-state index contributed by atoms with van der Waals surface area (Å²) in [7, 11) is 1.56. The summed E-state index contributed by atoms with van der Waals surface area (Å²) in [5.41, 5.74) is 6.93. The minimum absolute atomic E-state index is 0.136. The van der Waals surface area contributed by atoms with Gasteiger partial charge in [0.05, 0.1) is 25.8 Å². The first-order valence-electron chi connectivity index (χ1n) is 6.60. The fraction of sp³-hybridized carbons (Fsp3) is 0.188. The second-order valence-electron chi connectivity index (χ2n) is 4.42. The van der Waals surface area contributed by atoms with E-state index in [1.165, 1.54) is 0 Å². The van der Waals surface area contributed by atoms with Gasteiger partial charge in [-0.2, -0.15) is 0 Å². The lowest BCUT2D eigenvalue weighted by atomic mass is 10.3. The summed E-state index contributed by atoms with van der Waals surface area (Å²) in [4.78, 5) is 11.9. The van der Waals surface area contributed by atoms with Gasteiger partial charge in [0.15, 0.2) is 0 Å². The highest BCUT2D eigenvalue weighted by atomic mass is 16.5. The van der Waals surface area contributed by atoms with Gasteiger partial charge in [-0.25, -0.2) is 0 Å². The maximum Gasteiger partial charge on any atom is 0.227 e. The third kappa shape index (κ3) is 4.42. The topological polar surface area (TPSA) is 73.6 Å². The number of carbonyl (C=O) groups is 1. The number of methoxy groups -OCH3 is 1. The van der Waals surface area contributed by atoms with Crippen molar-refractivity contribution in [3.63, 3.8) is 0 Å². The Morgan fingerprint density at radius 3 is 2.76 bits per heavy atom. The third-order valence-electron chi connectivity index (χ3n) is 2.84. The molecule has 21 heavy (non-hydrogen) atoms. The second-order valence-corrected chi connectivity index (χ2v) is 4.42. The molecule has 1 amide bonds. The van der Waals surface area contributed by atoms with E-state index in [0.717, 1.165) is 0 Å². The van der Waals surface area contributed by atoms with Gasteiger partial charge in [-0.15, -0.1) is 0 Å². The van der Waals surface area contributed by atoms with Crippen LogP contribution in [0.4, 0.5) is 11.4 Å². The van der Waals surface area contributed by atoms with Gasteiger partial charge in [-0.1, -0.05) is 18.2 Å². The lowest BCUT2D eigenvalue weighted by Gasteiger charge is -2.10. The van der Waals surface area contributed by atoms with Crippen LogP contribution in [-0.2, 0) is 4.79 Å². The number of nitrogens with one attached hydrogen (secondary N) is 1. The molecule has 0 saturated carbocycles. The smallest absolute Gasteiger partial charge is 0.227 e. The predicted octanol–water partition coefficient (Wildman–Crippen LogP) is 2.69. The summed E-state index contributed by atoms with van der Waals surface area (Å²) in [6, 6.07) is 14.4. The predicted molar refractivity (Wildman–Crippen MR) is 82.6 cm³/mol. The van der Waals surface area contributed by atoms with E-state index in [1.54, 1.807) is 43.5 Å². The highest BCUT2D eigenvalue weighted by Gasteiger charge is 2.07. The van der Waals surface area contributed by atoms with Crippen LogP contribution in [0.3, 0.4) is 0 Å². The summed E-state index contributed by atoms with van der Waals surface area (Å²) >= 11 is 0. The summed E-state index contributed by atoms with van der Waals surface area (Å²) in [5.74, 6) is 1.14. The molecule has 2 aromatic rings. The van der Waals surface area contributed by atoms with Crippen molar-refractivity contribution in [1.29, 1.82) is 0 Å². The van der Waals surface area contributed by atoms with Gasteiger partial charge in [-0.05, 0) is 24.3 Å². The molecular weight excluding hydrogens is 268 g/mol. The molecule has 3 N–H and O–H groups in total. The zero-order valence-corrected chi connectivity index (χ0v) is 11.8. The van der Waals surface area contributed by atoms with Crippen molar-refractivity contribution >= 4 is 17.3 Å². The van der Waals surface area contributed by atoms with Gasteiger partial charge in [0, 0.05) is 11.8 Å². The molecule has 110 valence electrons. The third-order valence-corrected chi connectivity index (χ3v) is 2.84. The van der Waals surface area contributed by atoms with E-state index in [9.17, 15) is 4.79 Å². The lowest BCUT2D eigenvalue weighted by Crippen LogP contribution is -2.15. The molecule has 0 atom stereocenters. The molecule has 0 saturated heterocycles. The van der Waals surface area contributed by atoms with Crippen LogP contribution in [-0.4, -0.2) is 19.6 Å². The molecule has 0 heterocycles. The number of nitrogens with two attached hydrogens (primary N) is 1. The van der Waals surface area contributed by atoms with Gasteiger partial charge in [0.25, 0.3) is 0 Å². The molecule has 5 heteroatoms. The molecule has 0 spiro atoms. The second kappa shape index (κ2) is 7.19. The van der Waals surface area contributed by atoms with Crippen molar-refractivity contribution in [1.82, 2.24) is 0 Å². The van der Waals surface area contributed by atoms with E-state index in [1.807, 2.05) is 12.1 Å². The van der Waals surface area contributed by atoms with E-state index >= 15 is 0 Å². The van der Waals surface area contributed by atoms with E-state index in [4.69, 9.17) is 15.2 Å². The maximum atomic E-state index is 11.9. The molecule has 0 aliphatic heterocycles. The largest absolute Gasteiger partial charge is 0.495 e. The summed E-state index contributed by atoms with van der Waals surface area (Å²) in [6.45, 7) is 0.282. The van der Waals surface area contributed by atoms with Crippen LogP contribution in [0, 0.1) is 0 Å². The van der Waals surface area contributed by atoms with Gasteiger partial charge in [0.2, 0.25) is 5.91 Å². The zero-order chi connectivity index (χ0) is 15.1. The molecule has 0 radical (unpaired) electrons. The summed E-state index contributed by atoms with van der Waals surface area (Å²) in [5, 5.41) is 2.79. The number of hydrogen-bond acceptors (Lipinski definition) is 4. The van der Waals surface area contributed by atoms with Crippen molar-refractivity contribution in [2.45, 2.75) is 6.42 Å². The van der Waals surface area contributed by atoms with Crippen LogP contribution in [0.1, 0.15) is 6.42 Å². The lowest BCUT2D eigenvalue weighted by molar-refractivity contribution is -0.116. The number of ether oxygens (including phenoxy) is 2. The quantitative estimate of drug-likeness (QED) is 0.801. The van der Waals surface area contributed by atoms with Crippen LogP contribution >= 0.6 is 0 Å². The van der Waals surface area contributed by atoms with Crippen LogP contribution < -0.4 is 20.5 Å². The molecular formula is C16H18N2O3. The van der Waals surface area contributed by atoms with Crippen LogP contribution in [0.2, 0.25) is 0 Å². The van der Waals surface area contributed by atoms with Crippen molar-refractivity contribution in [3.8, 4) is 11.5 Å². The van der Waals surface area contributed by atoms with Gasteiger partial charge in [0.1, 0.15) is 11.5 Å². The number of anilines is 2. The first kappa shape index (κ1) is 14.7. The normalized spacial score (nSPS) is 9.95. The monoisotopic (exact) mass is 286 g/mol. The first-order valence-corrected chi connectivity index (χ1v) is 6.60. The van der Waals surface area contributed by atoms with Crippen molar-refractivity contribution in [2.75, 3.05) is 24.8 Å². The molecule has 2 rings (SSSR count). The molecule has 5 nitrogen and oxygen atoms in total. The van der Waals surface area contributed by atoms with E-state index in [2.05, 4.69) is 5.32 Å². The maximum absolute atomic E-state index is 11.9. The van der Waals surface area contributed by atoms with E-state index in [-0.39, 0.29) is 18.9 Å². The Morgan fingerprint density at radius 1 is 1.19 bits per heavy atom. The molecule has 0 aliphatic carbocycles. The number of hydrogen-bond donors (Lipinski definition) is 2.